The summed E-state index contributed by atoms with van der Waals surface area (Å²) in [4.78, 5) is 29.8. The summed E-state index contributed by atoms with van der Waals surface area (Å²) in [6.07, 6.45) is 8.27. The molecule has 0 saturated carbocycles. The van der Waals surface area contributed by atoms with Crippen LogP contribution in [0.5, 0.6) is 5.75 Å². The van der Waals surface area contributed by atoms with E-state index in [1.807, 2.05) is 80.2 Å². The maximum Gasteiger partial charge on any atom is 0.410 e. The van der Waals surface area contributed by atoms with Crippen molar-refractivity contribution in [3.8, 4) is 11.4 Å². The van der Waals surface area contributed by atoms with Crippen molar-refractivity contribution in [3.05, 3.63) is 91.1 Å². The lowest BCUT2D eigenvalue weighted by atomic mass is 10.1. The largest absolute Gasteiger partial charge is 0.489 e. The zero-order valence-corrected chi connectivity index (χ0v) is 25.3. The molecule has 1 amide bonds. The third-order valence-corrected chi connectivity index (χ3v) is 7.28. The number of nitrogens with one attached hydrogen (secondary N) is 1. The van der Waals surface area contributed by atoms with Gasteiger partial charge in [-0.15, -0.1) is 5.10 Å². The Kier molecular flexibility index (Phi) is 8.01. The monoisotopic (exact) mass is 592 g/mol. The zero-order chi connectivity index (χ0) is 30.7. The first kappa shape index (κ1) is 28.9. The summed E-state index contributed by atoms with van der Waals surface area (Å²) in [5.74, 6) is 1.96. The van der Waals surface area contributed by atoms with Gasteiger partial charge in [-0.05, 0) is 51.5 Å². The number of carbonyl (C=O) groups excluding carboxylic acids is 1. The average Bonchev–Trinajstić information content (AvgIpc) is 3.37. The van der Waals surface area contributed by atoms with Gasteiger partial charge in [0.15, 0.2) is 5.82 Å². The minimum Gasteiger partial charge on any atom is -0.489 e. The van der Waals surface area contributed by atoms with Crippen LogP contribution in [-0.2, 0) is 11.3 Å². The molecule has 226 valence electrons. The third-order valence-electron chi connectivity index (χ3n) is 7.28. The van der Waals surface area contributed by atoms with Crippen LogP contribution in [0, 0.1) is 0 Å². The summed E-state index contributed by atoms with van der Waals surface area (Å²) in [5.41, 5.74) is 3.15. The molecule has 5 aromatic rings. The maximum absolute atomic E-state index is 12.7. The second kappa shape index (κ2) is 12.2. The standard InChI is InChI=1S/C33H36N8O3/c1-23-21-39(32(42)44-33(2,3)4)14-15-40(23)25-16-26(19-35-18-25)41-29-17-27(43-22-24-8-6-5-7-9-24)10-11-28(29)31(38-41)37-30-20-34-12-13-36-30/h5-13,16-20,23H,14-15,21-22H2,1-4H3,(H,36,37,38)/t23-/m0/s1. The molecule has 1 aliphatic rings. The van der Waals surface area contributed by atoms with Crippen LogP contribution in [0.15, 0.2) is 85.6 Å². The zero-order valence-electron chi connectivity index (χ0n) is 25.3. The molecule has 6 rings (SSSR count). The fourth-order valence-corrected chi connectivity index (χ4v) is 5.22. The average molecular weight is 593 g/mol. The number of benzene rings is 2. The van der Waals surface area contributed by atoms with Crippen molar-refractivity contribution in [1.29, 1.82) is 0 Å². The molecule has 11 heteroatoms. The number of pyridine rings is 1. The number of fused-ring (bicyclic) bond motifs is 1. The second-order valence-electron chi connectivity index (χ2n) is 11.8. The van der Waals surface area contributed by atoms with Crippen LogP contribution >= 0.6 is 0 Å². The Bertz CT molecular complexity index is 1740. The van der Waals surface area contributed by atoms with E-state index >= 15 is 0 Å². The summed E-state index contributed by atoms with van der Waals surface area (Å²) in [6, 6.07) is 18.1. The minimum atomic E-state index is -0.532. The molecule has 1 saturated heterocycles. The molecule has 0 radical (unpaired) electrons. The highest BCUT2D eigenvalue weighted by atomic mass is 16.6. The smallest absolute Gasteiger partial charge is 0.410 e. The number of hydrogen-bond acceptors (Lipinski definition) is 9. The molecule has 1 atom stereocenters. The van der Waals surface area contributed by atoms with E-state index in [9.17, 15) is 4.79 Å². The van der Waals surface area contributed by atoms with Gasteiger partial charge in [-0.1, -0.05) is 30.3 Å². The Hall–Kier alpha value is -5.19. The number of piperazine rings is 1. The topological polar surface area (TPSA) is 111 Å². The number of anilines is 3. The molecule has 44 heavy (non-hydrogen) atoms. The summed E-state index contributed by atoms with van der Waals surface area (Å²) < 4.78 is 13.6. The van der Waals surface area contributed by atoms with E-state index in [0.717, 1.165) is 33.6 Å². The summed E-state index contributed by atoms with van der Waals surface area (Å²) >= 11 is 0. The Morgan fingerprint density at radius 3 is 2.55 bits per heavy atom. The number of ether oxygens (including phenoxy) is 2. The summed E-state index contributed by atoms with van der Waals surface area (Å²) in [7, 11) is 0. The van der Waals surface area contributed by atoms with Gasteiger partial charge >= 0.3 is 6.09 Å². The van der Waals surface area contributed by atoms with Crippen molar-refractivity contribution in [3.63, 3.8) is 0 Å². The lowest BCUT2D eigenvalue weighted by Crippen LogP contribution is -2.54. The third kappa shape index (κ3) is 6.56. The van der Waals surface area contributed by atoms with Crippen LogP contribution in [-0.4, -0.2) is 67.0 Å². The molecule has 0 bridgehead atoms. The first-order valence-corrected chi connectivity index (χ1v) is 14.7. The molecule has 2 aromatic carbocycles. The van der Waals surface area contributed by atoms with E-state index in [-0.39, 0.29) is 12.1 Å². The minimum absolute atomic E-state index is 0.0644. The van der Waals surface area contributed by atoms with E-state index in [1.165, 1.54) is 0 Å². The summed E-state index contributed by atoms with van der Waals surface area (Å²) in [5, 5.41) is 9.14. The Balaban J connectivity index is 1.30. The predicted molar refractivity (Wildman–Crippen MR) is 170 cm³/mol. The Labute approximate surface area is 256 Å². The van der Waals surface area contributed by atoms with E-state index in [2.05, 4.69) is 38.2 Å². The van der Waals surface area contributed by atoms with Crippen LogP contribution in [0.3, 0.4) is 0 Å². The van der Waals surface area contributed by atoms with Gasteiger partial charge in [-0.25, -0.2) is 14.5 Å². The molecule has 1 aliphatic heterocycles. The van der Waals surface area contributed by atoms with Gasteiger partial charge < -0.3 is 24.6 Å². The molecule has 1 fully saturated rings. The number of nitrogens with zero attached hydrogens (tertiary/aromatic N) is 7. The Morgan fingerprint density at radius 1 is 0.977 bits per heavy atom. The lowest BCUT2D eigenvalue weighted by molar-refractivity contribution is 0.0218. The number of amides is 1. The molecular weight excluding hydrogens is 556 g/mol. The molecular formula is C33H36N8O3. The normalized spacial score (nSPS) is 15.3. The van der Waals surface area contributed by atoms with E-state index < -0.39 is 5.60 Å². The van der Waals surface area contributed by atoms with Crippen LogP contribution in [0.25, 0.3) is 16.6 Å². The van der Waals surface area contributed by atoms with Gasteiger partial charge in [0, 0.05) is 49.5 Å². The quantitative estimate of drug-likeness (QED) is 0.244. The first-order chi connectivity index (χ1) is 21.2. The van der Waals surface area contributed by atoms with Crippen molar-refractivity contribution in [2.24, 2.45) is 0 Å². The summed E-state index contributed by atoms with van der Waals surface area (Å²) in [6.45, 7) is 9.97. The SMILES string of the molecule is C[C@H]1CN(C(=O)OC(C)(C)C)CCN1c1cncc(-n2nc(Nc3cnccn3)c3ccc(OCc4ccccc4)cc32)c1. The van der Waals surface area contributed by atoms with Crippen LogP contribution in [0.2, 0.25) is 0 Å². The Morgan fingerprint density at radius 2 is 1.80 bits per heavy atom. The van der Waals surface area contributed by atoms with Gasteiger partial charge in [0.05, 0.1) is 35.5 Å². The molecule has 1 N–H and O–H groups in total. The number of hydrogen-bond donors (Lipinski definition) is 1. The molecule has 3 aromatic heterocycles. The van der Waals surface area contributed by atoms with Crippen molar-refractivity contribution < 1.29 is 14.3 Å². The highest BCUT2D eigenvalue weighted by Crippen LogP contribution is 2.32. The van der Waals surface area contributed by atoms with Gasteiger partial charge in [-0.3, -0.25) is 9.97 Å². The first-order valence-electron chi connectivity index (χ1n) is 14.7. The number of aromatic nitrogens is 5. The van der Waals surface area contributed by atoms with Crippen molar-refractivity contribution >= 4 is 34.3 Å². The van der Waals surface area contributed by atoms with Gasteiger partial charge in [0.2, 0.25) is 0 Å². The fraction of sp³-hybridized carbons (Fsp3) is 0.303. The van der Waals surface area contributed by atoms with Crippen LogP contribution < -0.4 is 15.0 Å². The van der Waals surface area contributed by atoms with E-state index in [4.69, 9.17) is 14.6 Å². The van der Waals surface area contributed by atoms with Crippen molar-refractivity contribution in [2.45, 2.75) is 45.9 Å². The van der Waals surface area contributed by atoms with Crippen molar-refractivity contribution in [2.75, 3.05) is 29.9 Å². The predicted octanol–water partition coefficient (Wildman–Crippen LogP) is 5.98. The molecule has 0 aliphatic carbocycles. The van der Waals surface area contributed by atoms with Gasteiger partial charge in [0.1, 0.15) is 23.8 Å². The number of rotatable bonds is 7. The maximum atomic E-state index is 12.7. The number of carbonyl (C=O) groups is 1. The van der Waals surface area contributed by atoms with Crippen LogP contribution in [0.1, 0.15) is 33.3 Å². The van der Waals surface area contributed by atoms with Crippen molar-refractivity contribution in [1.82, 2.24) is 29.6 Å². The second-order valence-corrected chi connectivity index (χ2v) is 11.8. The highest BCUT2D eigenvalue weighted by molar-refractivity contribution is 5.93. The lowest BCUT2D eigenvalue weighted by Gasteiger charge is -2.41. The van der Waals surface area contributed by atoms with Gasteiger partial charge in [-0.2, -0.15) is 0 Å². The molecule has 11 nitrogen and oxygen atoms in total. The fourth-order valence-electron chi connectivity index (χ4n) is 5.22. The van der Waals surface area contributed by atoms with E-state index in [0.29, 0.717) is 37.9 Å². The molecule has 0 unspecified atom stereocenters. The van der Waals surface area contributed by atoms with Crippen LogP contribution in [0.4, 0.5) is 22.1 Å². The highest BCUT2D eigenvalue weighted by Gasteiger charge is 2.30. The van der Waals surface area contributed by atoms with Gasteiger partial charge in [0.25, 0.3) is 0 Å². The molecule has 4 heterocycles. The van der Waals surface area contributed by atoms with E-state index in [1.54, 1.807) is 29.7 Å². The molecule has 0 spiro atoms.